The highest BCUT2D eigenvalue weighted by Gasteiger charge is 2.22. The van der Waals surface area contributed by atoms with Crippen molar-refractivity contribution in [1.29, 1.82) is 0 Å². The summed E-state index contributed by atoms with van der Waals surface area (Å²) in [7, 11) is 0. The summed E-state index contributed by atoms with van der Waals surface area (Å²) in [6.45, 7) is 1.81. The minimum Gasteiger partial charge on any atom is -0.508 e. The molecule has 0 fully saturated rings. The predicted molar refractivity (Wildman–Crippen MR) is 189 cm³/mol. The van der Waals surface area contributed by atoms with Crippen molar-refractivity contribution in [3.05, 3.63) is 29.8 Å². The molecular formula is C27H51I2N7O9. The molecule has 45 heavy (non-hydrogen) atoms. The van der Waals surface area contributed by atoms with Gasteiger partial charge in [0.1, 0.15) is 29.9 Å². The number of halogens is 2. The molecule has 0 saturated carbocycles. The normalized spacial score (nSPS) is 12.9. The van der Waals surface area contributed by atoms with Gasteiger partial charge in [-0.05, 0) is 75.9 Å². The van der Waals surface area contributed by atoms with Gasteiger partial charge >= 0.3 is 23.9 Å². The Morgan fingerprint density at radius 3 is 1.13 bits per heavy atom. The van der Waals surface area contributed by atoms with Gasteiger partial charge in [0.25, 0.3) is 0 Å². The van der Waals surface area contributed by atoms with Gasteiger partial charge < -0.3 is 59.9 Å². The second kappa shape index (κ2) is 30.7. The van der Waals surface area contributed by atoms with E-state index in [1.807, 2.05) is 45.7 Å². The molecule has 1 rings (SSSR count). The maximum Gasteiger partial charge on any atom is 0.322 e. The van der Waals surface area contributed by atoms with Crippen LogP contribution in [0.4, 0.5) is 0 Å². The summed E-state index contributed by atoms with van der Waals surface area (Å²) in [6.07, 6.45) is 6.91. The van der Waals surface area contributed by atoms with E-state index in [9.17, 15) is 19.2 Å². The lowest BCUT2D eigenvalue weighted by Crippen LogP contribution is -2.30. The Labute approximate surface area is 292 Å². The predicted octanol–water partition coefficient (Wildman–Crippen LogP) is 0.972. The fourth-order valence-corrected chi connectivity index (χ4v) is 3.86. The molecule has 4 atom stereocenters. The first-order valence-corrected chi connectivity index (χ1v) is 16.1. The van der Waals surface area contributed by atoms with Crippen LogP contribution >= 0.6 is 45.7 Å². The zero-order valence-electron chi connectivity index (χ0n) is 25.3. The number of hydrogen-bond donors (Lipinski definition) is 11. The van der Waals surface area contributed by atoms with Crippen molar-refractivity contribution < 1.29 is 44.7 Å². The standard InChI is InChI=1S/C9H9I2NO3.3C6H14N2O2/c10-12(11)8(9(14)15)5-6-1-3-7(13)4-2-6;3*7-4-2-1-3-5(8)6(9)10/h1-4,8,13H,5H2,(H,14,15);3*5H,1-4,7-8H2,(H,9,10). The molecule has 0 aliphatic heterocycles. The van der Waals surface area contributed by atoms with Crippen LogP contribution in [0.5, 0.6) is 5.75 Å². The molecule has 17 N–H and O–H groups in total. The average Bonchev–Trinajstić information content (AvgIpc) is 2.97. The van der Waals surface area contributed by atoms with Crippen molar-refractivity contribution in [2.75, 3.05) is 19.6 Å². The van der Waals surface area contributed by atoms with Crippen molar-refractivity contribution in [2.45, 2.75) is 88.4 Å². The average molecular weight is 872 g/mol. The van der Waals surface area contributed by atoms with Crippen molar-refractivity contribution >= 4 is 69.6 Å². The Morgan fingerprint density at radius 1 is 0.600 bits per heavy atom. The van der Waals surface area contributed by atoms with Gasteiger partial charge in [-0.25, -0.2) is 0 Å². The van der Waals surface area contributed by atoms with E-state index in [4.69, 9.17) is 59.9 Å². The maximum atomic E-state index is 10.9. The van der Waals surface area contributed by atoms with Crippen LogP contribution in [0.25, 0.3) is 0 Å². The van der Waals surface area contributed by atoms with E-state index in [1.54, 1.807) is 25.6 Å². The van der Waals surface area contributed by atoms with Crippen LogP contribution in [-0.2, 0) is 25.6 Å². The zero-order valence-corrected chi connectivity index (χ0v) is 29.7. The van der Waals surface area contributed by atoms with E-state index in [2.05, 4.69) is 0 Å². The van der Waals surface area contributed by atoms with Crippen molar-refractivity contribution in [3.8, 4) is 5.75 Å². The number of aromatic hydroxyl groups is 1. The lowest BCUT2D eigenvalue weighted by atomic mass is 10.1. The molecule has 0 aliphatic rings. The van der Waals surface area contributed by atoms with Gasteiger partial charge in [0, 0.05) is 52.1 Å². The maximum absolute atomic E-state index is 10.9. The molecule has 18 heteroatoms. The molecule has 1 aromatic carbocycles. The van der Waals surface area contributed by atoms with Crippen LogP contribution in [0.3, 0.4) is 0 Å². The van der Waals surface area contributed by atoms with Crippen molar-refractivity contribution in [1.82, 2.24) is 1.33 Å². The fourth-order valence-electron chi connectivity index (χ4n) is 2.99. The van der Waals surface area contributed by atoms with Gasteiger partial charge in [0.15, 0.2) is 0 Å². The topological polar surface area (TPSA) is 329 Å². The van der Waals surface area contributed by atoms with E-state index in [1.165, 1.54) is 0 Å². The molecule has 4 unspecified atom stereocenters. The second-order valence-corrected chi connectivity index (χ2v) is 13.6. The number of carboxylic acid groups (broad SMARTS) is 4. The summed E-state index contributed by atoms with van der Waals surface area (Å²) in [4.78, 5) is 41.3. The van der Waals surface area contributed by atoms with E-state index >= 15 is 0 Å². The third-order valence-corrected chi connectivity index (χ3v) is 7.09. The Morgan fingerprint density at radius 2 is 0.911 bits per heavy atom. The Kier molecular flexibility index (Phi) is 32.4. The molecule has 0 aromatic heterocycles. The van der Waals surface area contributed by atoms with Gasteiger partial charge in [-0.1, -0.05) is 31.4 Å². The van der Waals surface area contributed by atoms with Gasteiger partial charge in [-0.2, -0.15) is 1.33 Å². The molecule has 0 heterocycles. The number of nitrogens with two attached hydrogens (primary N) is 6. The monoisotopic (exact) mass is 871 g/mol. The first kappa shape index (κ1) is 47.5. The Balaban J connectivity index is -0.000000534. The number of benzene rings is 1. The molecule has 262 valence electrons. The number of aliphatic carboxylic acids is 4. The van der Waals surface area contributed by atoms with E-state index < -0.39 is 48.0 Å². The molecule has 0 amide bonds. The minimum atomic E-state index is -0.933. The third kappa shape index (κ3) is 30.5. The molecule has 16 nitrogen and oxygen atoms in total. The van der Waals surface area contributed by atoms with Crippen molar-refractivity contribution in [3.63, 3.8) is 0 Å². The van der Waals surface area contributed by atoms with E-state index in [0.717, 1.165) is 44.1 Å². The number of phenols is 1. The number of carbonyl (C=O) groups is 4. The summed E-state index contributed by atoms with van der Waals surface area (Å²) >= 11 is 3.89. The molecule has 1 aromatic rings. The summed E-state index contributed by atoms with van der Waals surface area (Å²) in [5, 5.41) is 43.0. The third-order valence-electron chi connectivity index (χ3n) is 5.75. The number of phenolic OH excluding ortho intramolecular Hbond substituents is 1. The number of carboxylic acids is 4. The second-order valence-electron chi connectivity index (χ2n) is 9.67. The van der Waals surface area contributed by atoms with Gasteiger partial charge in [0.05, 0.1) is 0 Å². The molecule has 0 aliphatic carbocycles. The van der Waals surface area contributed by atoms with Crippen LogP contribution < -0.4 is 34.4 Å². The van der Waals surface area contributed by atoms with E-state index in [-0.39, 0.29) is 5.75 Å². The number of rotatable bonds is 19. The largest absolute Gasteiger partial charge is 0.508 e. The van der Waals surface area contributed by atoms with Crippen LogP contribution in [-0.4, -0.2) is 94.5 Å². The molecule has 0 radical (unpaired) electrons. The Hall–Kier alpha value is -1.92. The Bertz CT molecular complexity index is 871. The zero-order chi connectivity index (χ0) is 35.4. The van der Waals surface area contributed by atoms with Crippen LogP contribution in [0.2, 0.25) is 0 Å². The number of nitrogens with zero attached hydrogens (tertiary/aromatic N) is 1. The molecule has 0 bridgehead atoms. The molecular weight excluding hydrogens is 820 g/mol. The minimum absolute atomic E-state index is 0.187. The summed E-state index contributed by atoms with van der Waals surface area (Å²) in [5.41, 5.74) is 32.1. The summed E-state index contributed by atoms with van der Waals surface area (Å²) in [5.74, 6) is -3.47. The first-order valence-electron chi connectivity index (χ1n) is 14.2. The summed E-state index contributed by atoms with van der Waals surface area (Å²) < 4.78 is 1.60. The summed E-state index contributed by atoms with van der Waals surface area (Å²) in [6, 6.07) is 3.85. The molecule has 0 spiro atoms. The fraction of sp³-hybridized carbons (Fsp3) is 0.630. The SMILES string of the molecule is NCCCCC(N)C(=O)O.NCCCCC(N)C(=O)O.NCCCCC(N)C(=O)O.O=C(O)C(Cc1ccc(O)cc1)N(I)I. The van der Waals surface area contributed by atoms with Gasteiger partial charge in [0.2, 0.25) is 0 Å². The van der Waals surface area contributed by atoms with Crippen LogP contribution in [0.15, 0.2) is 24.3 Å². The highest BCUT2D eigenvalue weighted by Crippen LogP contribution is 2.19. The highest BCUT2D eigenvalue weighted by atomic mass is 127. The lowest BCUT2D eigenvalue weighted by molar-refractivity contribution is -0.140. The number of unbranched alkanes of at least 4 members (excludes halogenated alkanes) is 3. The van der Waals surface area contributed by atoms with Gasteiger partial charge in [-0.3, -0.25) is 19.2 Å². The van der Waals surface area contributed by atoms with E-state index in [0.29, 0.717) is 45.3 Å². The van der Waals surface area contributed by atoms with Crippen LogP contribution in [0.1, 0.15) is 63.4 Å². The van der Waals surface area contributed by atoms with Crippen molar-refractivity contribution in [2.24, 2.45) is 34.4 Å². The van der Waals surface area contributed by atoms with Crippen LogP contribution in [0, 0.1) is 0 Å². The highest BCUT2D eigenvalue weighted by molar-refractivity contribution is 14.2. The van der Waals surface area contributed by atoms with Gasteiger partial charge in [-0.15, -0.1) is 0 Å². The lowest BCUT2D eigenvalue weighted by Gasteiger charge is -2.15. The molecule has 0 saturated heterocycles. The smallest absolute Gasteiger partial charge is 0.322 e. The quantitative estimate of drug-likeness (QED) is 0.0524. The number of hydrogen-bond acceptors (Lipinski definition) is 12. The first-order chi connectivity index (χ1) is 21.0.